The lowest BCUT2D eigenvalue weighted by Gasteiger charge is -2.23. The molecule has 1 amide bonds. The van der Waals surface area contributed by atoms with E-state index in [1.807, 2.05) is 0 Å². The van der Waals surface area contributed by atoms with Gasteiger partial charge in [-0.15, -0.1) is 0 Å². The minimum atomic E-state index is -5.30. The standard InChI is InChI=1S/C13H16F3NO9/c1-5(2)8(17-10(22)13(14,15)16)9(21)26-7(20)4-12(25,11(23)24)3-6(18)19/h5,8,25H,3-4H2,1-2H3,(H,17,22)(H,18,19)(H,23,24). The van der Waals surface area contributed by atoms with Gasteiger partial charge in [0.25, 0.3) is 0 Å². The fourth-order valence-corrected chi connectivity index (χ4v) is 1.64. The van der Waals surface area contributed by atoms with Crippen molar-refractivity contribution < 1.29 is 57.2 Å². The van der Waals surface area contributed by atoms with Gasteiger partial charge in [-0.1, -0.05) is 13.8 Å². The largest absolute Gasteiger partial charge is 0.481 e. The van der Waals surface area contributed by atoms with E-state index in [9.17, 15) is 42.3 Å². The third-order valence-electron chi connectivity index (χ3n) is 2.96. The lowest BCUT2D eigenvalue weighted by Crippen LogP contribution is -2.51. The summed E-state index contributed by atoms with van der Waals surface area (Å²) in [4.78, 5) is 55.7. The first-order chi connectivity index (χ1) is 11.6. The number of hydrogen-bond acceptors (Lipinski definition) is 7. The first kappa shape index (κ1) is 23.3. The summed E-state index contributed by atoms with van der Waals surface area (Å²) in [6.45, 7) is 2.45. The molecule has 0 spiro atoms. The van der Waals surface area contributed by atoms with Crippen molar-refractivity contribution in [1.29, 1.82) is 0 Å². The number of carboxylic acids is 2. The second-order valence-electron chi connectivity index (χ2n) is 5.57. The van der Waals surface area contributed by atoms with Gasteiger partial charge in [0.2, 0.25) is 0 Å². The van der Waals surface area contributed by atoms with E-state index in [2.05, 4.69) is 4.74 Å². The number of alkyl halides is 3. The minimum absolute atomic E-state index is 0.945. The van der Waals surface area contributed by atoms with Gasteiger partial charge in [-0.05, 0) is 5.92 Å². The highest BCUT2D eigenvalue weighted by molar-refractivity contribution is 5.95. The Kier molecular flexibility index (Phi) is 7.71. The van der Waals surface area contributed by atoms with Crippen LogP contribution in [0.15, 0.2) is 0 Å². The Bertz CT molecular complexity index is 602. The Morgan fingerprint density at radius 1 is 1.04 bits per heavy atom. The van der Waals surface area contributed by atoms with E-state index < -0.39 is 66.4 Å². The van der Waals surface area contributed by atoms with Crippen LogP contribution in [0.3, 0.4) is 0 Å². The van der Waals surface area contributed by atoms with Crippen molar-refractivity contribution in [3.05, 3.63) is 0 Å². The van der Waals surface area contributed by atoms with Crippen LogP contribution in [0.5, 0.6) is 0 Å². The maximum absolute atomic E-state index is 12.2. The van der Waals surface area contributed by atoms with Gasteiger partial charge in [0.1, 0.15) is 6.04 Å². The number of aliphatic carboxylic acids is 2. The zero-order chi connectivity index (χ0) is 20.9. The molecule has 13 heteroatoms. The van der Waals surface area contributed by atoms with E-state index in [0.29, 0.717) is 0 Å². The number of hydrogen-bond donors (Lipinski definition) is 4. The fourth-order valence-electron chi connectivity index (χ4n) is 1.64. The number of nitrogens with one attached hydrogen (secondary N) is 1. The number of ether oxygens (including phenoxy) is 1. The lowest BCUT2D eigenvalue weighted by atomic mass is 9.96. The molecule has 148 valence electrons. The summed E-state index contributed by atoms with van der Waals surface area (Å²) in [5.41, 5.74) is -3.09. The van der Waals surface area contributed by atoms with Crippen molar-refractivity contribution in [2.75, 3.05) is 0 Å². The molecule has 0 aromatic heterocycles. The van der Waals surface area contributed by atoms with E-state index in [-0.39, 0.29) is 0 Å². The van der Waals surface area contributed by atoms with Crippen LogP contribution in [-0.2, 0) is 28.7 Å². The Balaban J connectivity index is 5.14. The zero-order valence-corrected chi connectivity index (χ0v) is 13.5. The molecular formula is C13H16F3NO9. The van der Waals surface area contributed by atoms with Gasteiger partial charge >= 0.3 is 36.0 Å². The highest BCUT2D eigenvalue weighted by atomic mass is 19.4. The van der Waals surface area contributed by atoms with Crippen LogP contribution in [-0.4, -0.2) is 62.9 Å². The van der Waals surface area contributed by atoms with Crippen LogP contribution < -0.4 is 5.32 Å². The first-order valence-electron chi connectivity index (χ1n) is 6.90. The van der Waals surface area contributed by atoms with Crippen LogP contribution in [0.2, 0.25) is 0 Å². The molecule has 0 saturated heterocycles. The first-order valence-corrected chi connectivity index (χ1v) is 6.90. The Morgan fingerprint density at radius 3 is 1.88 bits per heavy atom. The number of aliphatic hydroxyl groups is 1. The molecule has 2 atom stereocenters. The molecule has 0 aromatic carbocycles. The summed E-state index contributed by atoms with van der Waals surface area (Å²) in [5, 5.41) is 28.3. The van der Waals surface area contributed by atoms with E-state index in [0.717, 1.165) is 0 Å². The molecule has 0 aliphatic carbocycles. The Morgan fingerprint density at radius 2 is 1.54 bits per heavy atom. The van der Waals surface area contributed by atoms with E-state index in [1.54, 1.807) is 0 Å². The van der Waals surface area contributed by atoms with Crippen molar-refractivity contribution in [2.45, 2.75) is 44.5 Å². The molecule has 0 radical (unpaired) electrons. The minimum Gasteiger partial charge on any atom is -0.481 e. The molecule has 0 saturated carbocycles. The van der Waals surface area contributed by atoms with Crippen LogP contribution in [0.1, 0.15) is 26.7 Å². The number of amides is 1. The second kappa shape index (κ2) is 8.60. The number of carbonyl (C=O) groups is 5. The predicted molar refractivity (Wildman–Crippen MR) is 73.4 cm³/mol. The number of halogens is 3. The monoisotopic (exact) mass is 387 g/mol. The highest BCUT2D eigenvalue weighted by Crippen LogP contribution is 2.19. The van der Waals surface area contributed by atoms with Gasteiger partial charge < -0.3 is 25.4 Å². The van der Waals surface area contributed by atoms with Crippen molar-refractivity contribution in [3.63, 3.8) is 0 Å². The number of carbonyl (C=O) groups excluding carboxylic acids is 3. The zero-order valence-electron chi connectivity index (χ0n) is 13.5. The normalized spacial score (nSPS) is 14.9. The smallest absolute Gasteiger partial charge is 0.471 e. The number of carboxylic acid groups (broad SMARTS) is 2. The molecule has 0 fully saturated rings. The lowest BCUT2D eigenvalue weighted by molar-refractivity contribution is -0.179. The molecule has 10 nitrogen and oxygen atoms in total. The summed E-state index contributed by atoms with van der Waals surface area (Å²) in [6, 6.07) is -1.90. The number of rotatable bonds is 8. The predicted octanol–water partition coefficient (Wildman–Crippen LogP) is -0.560. The van der Waals surface area contributed by atoms with Crippen LogP contribution >= 0.6 is 0 Å². The number of esters is 2. The topological polar surface area (TPSA) is 167 Å². The molecule has 0 rings (SSSR count). The third-order valence-corrected chi connectivity index (χ3v) is 2.96. The second-order valence-corrected chi connectivity index (χ2v) is 5.57. The van der Waals surface area contributed by atoms with Gasteiger partial charge in [0, 0.05) is 0 Å². The van der Waals surface area contributed by atoms with Gasteiger partial charge in [-0.3, -0.25) is 14.4 Å². The summed E-state index contributed by atoms with van der Waals surface area (Å²) < 4.78 is 40.9. The average Bonchev–Trinajstić information content (AvgIpc) is 2.41. The van der Waals surface area contributed by atoms with Gasteiger partial charge in [0.15, 0.2) is 5.60 Å². The van der Waals surface area contributed by atoms with E-state index in [1.165, 1.54) is 19.2 Å². The molecule has 0 aliphatic heterocycles. The van der Waals surface area contributed by atoms with Crippen LogP contribution in [0.25, 0.3) is 0 Å². The van der Waals surface area contributed by atoms with Gasteiger partial charge in [-0.25, -0.2) is 9.59 Å². The molecule has 26 heavy (non-hydrogen) atoms. The Labute approximate surface area is 143 Å². The average molecular weight is 387 g/mol. The van der Waals surface area contributed by atoms with Crippen LogP contribution in [0, 0.1) is 5.92 Å². The van der Waals surface area contributed by atoms with E-state index in [4.69, 9.17) is 10.2 Å². The maximum Gasteiger partial charge on any atom is 0.471 e. The summed E-state index contributed by atoms with van der Waals surface area (Å²) in [6.07, 6.45) is -8.16. The summed E-state index contributed by atoms with van der Waals surface area (Å²) >= 11 is 0. The van der Waals surface area contributed by atoms with Gasteiger partial charge in [0.05, 0.1) is 12.8 Å². The highest BCUT2D eigenvalue weighted by Gasteiger charge is 2.44. The Hall–Kier alpha value is -2.70. The third kappa shape index (κ3) is 7.04. The van der Waals surface area contributed by atoms with Crippen molar-refractivity contribution in [2.24, 2.45) is 5.92 Å². The molecule has 4 N–H and O–H groups in total. The molecule has 0 aromatic rings. The molecule has 0 aliphatic rings. The summed E-state index contributed by atoms with van der Waals surface area (Å²) in [7, 11) is 0. The fraction of sp³-hybridized carbons (Fsp3) is 0.615. The summed E-state index contributed by atoms with van der Waals surface area (Å²) in [5.74, 6) is -10.6. The van der Waals surface area contributed by atoms with Crippen LogP contribution in [0.4, 0.5) is 13.2 Å². The van der Waals surface area contributed by atoms with Crippen molar-refractivity contribution in [3.8, 4) is 0 Å². The van der Waals surface area contributed by atoms with Crippen molar-refractivity contribution >= 4 is 29.8 Å². The van der Waals surface area contributed by atoms with Gasteiger partial charge in [-0.2, -0.15) is 13.2 Å². The molecular weight excluding hydrogens is 371 g/mol. The van der Waals surface area contributed by atoms with E-state index >= 15 is 0 Å². The van der Waals surface area contributed by atoms with Crippen molar-refractivity contribution in [1.82, 2.24) is 5.32 Å². The quantitative estimate of drug-likeness (QED) is 0.315. The molecule has 2 unspecified atom stereocenters. The maximum atomic E-state index is 12.2. The molecule has 0 heterocycles. The SMILES string of the molecule is CC(C)C(NC(=O)C(F)(F)F)C(=O)OC(=O)CC(O)(CC(=O)O)C(=O)O. The molecule has 0 bridgehead atoms.